The lowest BCUT2D eigenvalue weighted by Crippen LogP contribution is -2.60. The molecule has 138 valence electrons. The molecule has 9 nitrogen and oxygen atoms in total. The first kappa shape index (κ1) is 18.4. The number of amides is 1. The fourth-order valence-corrected chi connectivity index (χ4v) is 4.34. The molecule has 0 aliphatic carbocycles. The third-order valence-electron chi connectivity index (χ3n) is 4.51. The number of rotatable bonds is 7. The molecule has 5 N–H and O–H groups in total. The van der Waals surface area contributed by atoms with Crippen molar-refractivity contribution in [3.8, 4) is 0 Å². The molecule has 0 aromatic carbocycles. The third kappa shape index (κ3) is 3.06. The van der Waals surface area contributed by atoms with Gasteiger partial charge in [-0.25, -0.2) is 4.79 Å². The highest BCUT2D eigenvalue weighted by Gasteiger charge is 2.57. The summed E-state index contributed by atoms with van der Waals surface area (Å²) >= 11 is 1.02. The zero-order valence-corrected chi connectivity index (χ0v) is 14.3. The van der Waals surface area contributed by atoms with Gasteiger partial charge in [0.15, 0.2) is 0 Å². The van der Waals surface area contributed by atoms with E-state index in [2.05, 4.69) is 4.98 Å². The van der Waals surface area contributed by atoms with Crippen molar-refractivity contribution in [3.05, 3.63) is 40.7 Å². The first-order chi connectivity index (χ1) is 12.3. The Bertz CT molecular complexity index is 783. The number of nitrogens with two attached hydrogens (primary N) is 1. The Morgan fingerprint density at radius 2 is 2.00 bits per heavy atom. The van der Waals surface area contributed by atoms with Gasteiger partial charge in [0, 0.05) is 29.5 Å². The summed E-state index contributed by atoms with van der Waals surface area (Å²) in [5.74, 6) is -3.66. The van der Waals surface area contributed by atoms with E-state index in [-0.39, 0.29) is 17.9 Å². The van der Waals surface area contributed by atoms with Gasteiger partial charge in [-0.2, -0.15) is 0 Å². The van der Waals surface area contributed by atoms with Crippen LogP contribution in [0.2, 0.25) is 0 Å². The summed E-state index contributed by atoms with van der Waals surface area (Å²) in [6.45, 7) is 0. The molecule has 4 atom stereocenters. The number of carbonyl (C=O) groups excluding carboxylic acids is 1. The number of aliphatic hydroxyl groups excluding tert-OH is 1. The smallest absolute Gasteiger partial charge is 0.353 e. The summed E-state index contributed by atoms with van der Waals surface area (Å²) in [5.41, 5.74) is 5.84. The maximum atomic E-state index is 12.5. The highest BCUT2D eigenvalue weighted by Crippen LogP contribution is 2.49. The molecule has 1 saturated heterocycles. The molecular weight excluding hydrogens is 362 g/mol. The molecule has 0 spiro atoms. The number of carbonyl (C=O) groups is 3. The molecule has 3 rings (SSSR count). The van der Waals surface area contributed by atoms with Crippen molar-refractivity contribution in [2.24, 2.45) is 11.7 Å². The molecular formula is C16H17N3O6S. The molecule has 2 aliphatic rings. The molecule has 26 heavy (non-hydrogen) atoms. The number of nitrogens with zero attached hydrogens (tertiary/aromatic N) is 2. The number of β-lactam (4-membered cyclic amide) rings is 1. The standard InChI is InChI=1S/C16H17N3O6S/c17-8(15(22)23)6-26-10-5-9-11(13(20)7-1-3-18-4-2-7)14(21)19(9)12(10)16(24)25/h1-4,8-9,11,13,20H,5-6,17H2,(H,22,23)(H,24,25)/t8-,9+,11-,13?/m0/s1. The summed E-state index contributed by atoms with van der Waals surface area (Å²) in [7, 11) is 0. The van der Waals surface area contributed by atoms with Crippen LogP contribution in [0.1, 0.15) is 18.1 Å². The van der Waals surface area contributed by atoms with Crippen molar-refractivity contribution in [1.82, 2.24) is 9.88 Å². The normalized spacial score (nSPS) is 24.1. The molecule has 1 amide bonds. The molecule has 10 heteroatoms. The van der Waals surface area contributed by atoms with Crippen LogP contribution < -0.4 is 5.73 Å². The number of carboxylic acids is 2. The first-order valence-electron chi connectivity index (χ1n) is 7.81. The second-order valence-electron chi connectivity index (χ2n) is 6.06. The lowest BCUT2D eigenvalue weighted by Gasteiger charge is -2.45. The number of fused-ring (bicyclic) bond motifs is 1. The van der Waals surface area contributed by atoms with Crippen LogP contribution in [0.15, 0.2) is 35.1 Å². The van der Waals surface area contributed by atoms with Crippen LogP contribution in [-0.2, 0) is 14.4 Å². The monoisotopic (exact) mass is 379 g/mol. The van der Waals surface area contributed by atoms with Gasteiger partial charge in [-0.15, -0.1) is 11.8 Å². The van der Waals surface area contributed by atoms with E-state index in [1.807, 2.05) is 0 Å². The van der Waals surface area contributed by atoms with Gasteiger partial charge >= 0.3 is 11.9 Å². The van der Waals surface area contributed by atoms with E-state index in [4.69, 9.17) is 10.8 Å². The topological polar surface area (TPSA) is 154 Å². The van der Waals surface area contributed by atoms with E-state index in [1.54, 1.807) is 12.1 Å². The summed E-state index contributed by atoms with van der Waals surface area (Å²) in [4.78, 5) is 40.4. The number of aromatic nitrogens is 1. The summed E-state index contributed by atoms with van der Waals surface area (Å²) in [6, 6.07) is 1.59. The van der Waals surface area contributed by atoms with Crippen LogP contribution in [0.3, 0.4) is 0 Å². The van der Waals surface area contributed by atoms with E-state index in [0.29, 0.717) is 10.5 Å². The minimum absolute atomic E-state index is 0.00618. The Kier molecular flexibility index (Phi) is 4.99. The Morgan fingerprint density at radius 1 is 1.35 bits per heavy atom. The fourth-order valence-electron chi connectivity index (χ4n) is 3.21. The average Bonchev–Trinajstić information content (AvgIpc) is 2.95. The zero-order valence-electron chi connectivity index (χ0n) is 13.5. The Morgan fingerprint density at radius 3 is 2.58 bits per heavy atom. The van der Waals surface area contributed by atoms with Gasteiger partial charge in [-0.05, 0) is 17.7 Å². The Labute approximate surface area is 152 Å². The molecule has 2 aliphatic heterocycles. The summed E-state index contributed by atoms with van der Waals surface area (Å²) in [6.07, 6.45) is 2.19. The van der Waals surface area contributed by atoms with Gasteiger partial charge in [0.25, 0.3) is 0 Å². The predicted octanol–water partition coefficient (Wildman–Crippen LogP) is -0.213. The number of pyridine rings is 1. The van der Waals surface area contributed by atoms with Crippen LogP contribution in [0.25, 0.3) is 0 Å². The zero-order chi connectivity index (χ0) is 19.0. The lowest BCUT2D eigenvalue weighted by molar-refractivity contribution is -0.162. The number of aliphatic hydroxyl groups is 1. The maximum Gasteiger partial charge on any atom is 0.353 e. The highest BCUT2D eigenvalue weighted by molar-refractivity contribution is 8.03. The van der Waals surface area contributed by atoms with Gasteiger partial charge in [-0.3, -0.25) is 14.6 Å². The number of thioether (sulfide) groups is 1. The van der Waals surface area contributed by atoms with Crippen LogP contribution in [-0.4, -0.2) is 60.9 Å². The fraction of sp³-hybridized carbons (Fsp3) is 0.375. The van der Waals surface area contributed by atoms with E-state index in [0.717, 1.165) is 11.8 Å². The quantitative estimate of drug-likeness (QED) is 0.471. The van der Waals surface area contributed by atoms with E-state index in [9.17, 15) is 24.6 Å². The van der Waals surface area contributed by atoms with E-state index >= 15 is 0 Å². The number of carboxylic acid groups (broad SMARTS) is 2. The van der Waals surface area contributed by atoms with Crippen molar-refractivity contribution in [2.75, 3.05) is 5.75 Å². The van der Waals surface area contributed by atoms with Gasteiger partial charge in [0.05, 0.1) is 18.1 Å². The van der Waals surface area contributed by atoms with Crippen LogP contribution in [0.5, 0.6) is 0 Å². The third-order valence-corrected chi connectivity index (χ3v) is 5.75. The summed E-state index contributed by atoms with van der Waals surface area (Å²) < 4.78 is 0. The number of hydrogen-bond donors (Lipinski definition) is 4. The van der Waals surface area contributed by atoms with Crippen LogP contribution in [0.4, 0.5) is 0 Å². The molecule has 1 aromatic rings. The number of aliphatic carboxylic acids is 2. The molecule has 1 fully saturated rings. The van der Waals surface area contributed by atoms with Crippen molar-refractivity contribution >= 4 is 29.6 Å². The Hall–Kier alpha value is -2.43. The first-order valence-corrected chi connectivity index (χ1v) is 8.80. The molecule has 1 unspecified atom stereocenters. The van der Waals surface area contributed by atoms with Crippen molar-refractivity contribution in [3.63, 3.8) is 0 Å². The minimum atomic E-state index is -1.26. The second-order valence-corrected chi connectivity index (χ2v) is 7.18. The SMILES string of the molecule is N[C@@H](CSC1=C(C(=O)O)N2C(=O)[C@H](C(O)c3ccncc3)[C@H]2C1)C(=O)O. The van der Waals surface area contributed by atoms with Gasteiger partial charge in [0.2, 0.25) is 5.91 Å². The molecule has 3 heterocycles. The highest BCUT2D eigenvalue weighted by atomic mass is 32.2. The molecule has 0 saturated carbocycles. The minimum Gasteiger partial charge on any atom is -0.480 e. The molecule has 0 radical (unpaired) electrons. The van der Waals surface area contributed by atoms with Gasteiger partial charge < -0.3 is 26.0 Å². The van der Waals surface area contributed by atoms with Crippen LogP contribution in [0, 0.1) is 5.92 Å². The lowest BCUT2D eigenvalue weighted by atomic mass is 9.80. The summed E-state index contributed by atoms with van der Waals surface area (Å²) in [5, 5.41) is 28.8. The van der Waals surface area contributed by atoms with Crippen molar-refractivity contribution in [1.29, 1.82) is 0 Å². The van der Waals surface area contributed by atoms with Crippen LogP contribution >= 0.6 is 11.8 Å². The van der Waals surface area contributed by atoms with Crippen molar-refractivity contribution in [2.45, 2.75) is 24.6 Å². The molecule has 0 bridgehead atoms. The Balaban J connectivity index is 1.78. The molecule has 1 aromatic heterocycles. The van der Waals surface area contributed by atoms with Crippen molar-refractivity contribution < 1.29 is 29.7 Å². The van der Waals surface area contributed by atoms with Gasteiger partial charge in [-0.1, -0.05) is 0 Å². The van der Waals surface area contributed by atoms with Gasteiger partial charge in [0.1, 0.15) is 11.7 Å². The predicted molar refractivity (Wildman–Crippen MR) is 90.7 cm³/mol. The van der Waals surface area contributed by atoms with E-state index in [1.165, 1.54) is 17.3 Å². The largest absolute Gasteiger partial charge is 0.480 e. The average molecular weight is 379 g/mol. The number of hydrogen-bond acceptors (Lipinski definition) is 7. The maximum absolute atomic E-state index is 12.5. The van der Waals surface area contributed by atoms with E-state index < -0.39 is 42.0 Å². The second kappa shape index (κ2) is 7.06.